The molecule has 7 heteroatoms. The molecule has 1 heterocycles. The number of benzene rings is 3. The first-order valence-electron chi connectivity index (χ1n) is 10.9. The van der Waals surface area contributed by atoms with Crippen LogP contribution in [0, 0.1) is 10.1 Å². The van der Waals surface area contributed by atoms with Gasteiger partial charge in [-0.3, -0.25) is 14.9 Å². The molecule has 0 spiro atoms. The van der Waals surface area contributed by atoms with E-state index >= 15 is 0 Å². The predicted octanol–water partition coefficient (Wildman–Crippen LogP) is 4.65. The van der Waals surface area contributed by atoms with Crippen LogP contribution in [-0.4, -0.2) is 21.9 Å². The minimum absolute atomic E-state index is 0.0321. The van der Waals surface area contributed by atoms with Crippen molar-refractivity contribution >= 4 is 22.5 Å². The molecule has 0 fully saturated rings. The van der Waals surface area contributed by atoms with Gasteiger partial charge in [0.05, 0.1) is 17.0 Å². The first-order valence-corrected chi connectivity index (χ1v) is 10.9. The largest absolute Gasteiger partial charge is 0.361 e. The summed E-state index contributed by atoms with van der Waals surface area (Å²) in [5, 5.41) is 18.6. The highest BCUT2D eigenvalue weighted by Gasteiger charge is 2.22. The fourth-order valence-corrected chi connectivity index (χ4v) is 3.94. The number of nitro groups is 1. The van der Waals surface area contributed by atoms with Gasteiger partial charge >= 0.3 is 0 Å². The maximum Gasteiger partial charge on any atom is 0.269 e. The van der Waals surface area contributed by atoms with E-state index in [0.29, 0.717) is 13.0 Å². The number of H-pyrrole nitrogens is 1. The van der Waals surface area contributed by atoms with Crippen LogP contribution < -0.4 is 10.6 Å². The summed E-state index contributed by atoms with van der Waals surface area (Å²) in [7, 11) is 0. The Morgan fingerprint density at radius 1 is 1.03 bits per heavy atom. The highest BCUT2D eigenvalue weighted by Crippen LogP contribution is 2.20. The molecule has 0 saturated heterocycles. The fourth-order valence-electron chi connectivity index (χ4n) is 3.94. The molecule has 3 aromatic carbocycles. The van der Waals surface area contributed by atoms with Crippen molar-refractivity contribution in [1.82, 2.24) is 15.6 Å². The molecule has 2 atom stereocenters. The van der Waals surface area contributed by atoms with E-state index in [0.717, 1.165) is 27.6 Å². The van der Waals surface area contributed by atoms with Crippen LogP contribution in [0.2, 0.25) is 0 Å². The molecule has 0 aliphatic heterocycles. The van der Waals surface area contributed by atoms with Gasteiger partial charge in [0.1, 0.15) is 0 Å². The molecule has 3 N–H and O–H groups in total. The first-order chi connectivity index (χ1) is 16.0. The number of hydrogen-bond donors (Lipinski definition) is 3. The molecule has 1 unspecified atom stereocenters. The third-order valence-electron chi connectivity index (χ3n) is 5.75. The predicted molar refractivity (Wildman–Crippen MR) is 129 cm³/mol. The summed E-state index contributed by atoms with van der Waals surface area (Å²) in [5.74, 6) is -0.123. The molecular formula is C26H26N4O3. The van der Waals surface area contributed by atoms with E-state index in [4.69, 9.17) is 0 Å². The summed E-state index contributed by atoms with van der Waals surface area (Å²) in [6, 6.07) is 23.6. The third-order valence-corrected chi connectivity index (χ3v) is 5.75. The first kappa shape index (κ1) is 22.2. The summed E-state index contributed by atoms with van der Waals surface area (Å²) >= 11 is 0. The summed E-state index contributed by atoms with van der Waals surface area (Å²) < 4.78 is 0. The number of nitrogens with zero attached hydrogens (tertiary/aromatic N) is 1. The maximum atomic E-state index is 13.3. The van der Waals surface area contributed by atoms with E-state index in [9.17, 15) is 14.9 Å². The number of nitrogens with one attached hydrogen (secondary N) is 3. The monoisotopic (exact) mass is 442 g/mol. The van der Waals surface area contributed by atoms with Crippen molar-refractivity contribution in [2.75, 3.05) is 0 Å². The summed E-state index contributed by atoms with van der Waals surface area (Å²) in [6.07, 6.45) is 2.41. The zero-order chi connectivity index (χ0) is 23.2. The van der Waals surface area contributed by atoms with Crippen molar-refractivity contribution in [2.45, 2.75) is 32.0 Å². The van der Waals surface area contributed by atoms with Crippen LogP contribution in [0.15, 0.2) is 85.1 Å². The fraction of sp³-hybridized carbons (Fsp3) is 0.192. The normalized spacial score (nSPS) is 12.9. The Labute approximate surface area is 192 Å². The van der Waals surface area contributed by atoms with Crippen LogP contribution >= 0.6 is 0 Å². The van der Waals surface area contributed by atoms with E-state index in [1.54, 1.807) is 6.07 Å². The number of aromatic nitrogens is 1. The molecule has 0 radical (unpaired) electrons. The van der Waals surface area contributed by atoms with Gasteiger partial charge in [0.15, 0.2) is 0 Å². The van der Waals surface area contributed by atoms with E-state index in [1.165, 1.54) is 12.1 Å². The molecule has 4 aromatic rings. The second kappa shape index (κ2) is 10.1. The Bertz CT molecular complexity index is 1250. The Hall–Kier alpha value is -3.97. The summed E-state index contributed by atoms with van der Waals surface area (Å²) in [6.45, 7) is 2.29. The van der Waals surface area contributed by atoms with E-state index < -0.39 is 11.0 Å². The highest BCUT2D eigenvalue weighted by atomic mass is 16.6. The average Bonchev–Trinajstić information content (AvgIpc) is 3.25. The lowest BCUT2D eigenvalue weighted by Crippen LogP contribution is -2.46. The molecule has 0 aliphatic rings. The SMILES string of the molecule is C[C@H](NC(=O)C(Cc1c[nH]c2ccccc12)NCc1cccc([N+](=O)[O-])c1)c1ccccc1. The van der Waals surface area contributed by atoms with Crippen LogP contribution in [-0.2, 0) is 17.8 Å². The van der Waals surface area contributed by atoms with Crippen molar-refractivity contribution in [3.63, 3.8) is 0 Å². The third kappa shape index (κ3) is 5.45. The lowest BCUT2D eigenvalue weighted by Gasteiger charge is -2.22. The molecule has 0 saturated carbocycles. The zero-order valence-electron chi connectivity index (χ0n) is 18.3. The molecule has 1 aromatic heterocycles. The van der Waals surface area contributed by atoms with E-state index in [1.807, 2.05) is 73.8 Å². The molecule has 0 aliphatic carbocycles. The van der Waals surface area contributed by atoms with Crippen molar-refractivity contribution in [3.05, 3.63) is 112 Å². The van der Waals surface area contributed by atoms with Crippen molar-refractivity contribution in [2.24, 2.45) is 0 Å². The summed E-state index contributed by atoms with van der Waals surface area (Å²) in [5.41, 5.74) is 3.85. The van der Waals surface area contributed by atoms with Gasteiger partial charge in [0.25, 0.3) is 5.69 Å². The van der Waals surface area contributed by atoms with Gasteiger partial charge in [0.2, 0.25) is 5.91 Å². The van der Waals surface area contributed by atoms with Crippen LogP contribution in [0.3, 0.4) is 0 Å². The molecule has 4 rings (SSSR count). The van der Waals surface area contributed by atoms with Crippen LogP contribution in [0.25, 0.3) is 10.9 Å². The van der Waals surface area contributed by atoms with Gasteiger partial charge in [-0.25, -0.2) is 0 Å². The minimum atomic E-state index is -0.519. The molecule has 7 nitrogen and oxygen atoms in total. The topological polar surface area (TPSA) is 100 Å². The summed E-state index contributed by atoms with van der Waals surface area (Å²) in [4.78, 5) is 27.2. The van der Waals surface area contributed by atoms with Gasteiger partial charge < -0.3 is 15.6 Å². The van der Waals surface area contributed by atoms with Crippen molar-refractivity contribution in [3.8, 4) is 0 Å². The lowest BCUT2D eigenvalue weighted by atomic mass is 10.0. The number of carbonyl (C=O) groups excluding carboxylic acids is 1. The molecule has 33 heavy (non-hydrogen) atoms. The van der Waals surface area contributed by atoms with Gasteiger partial charge in [-0.1, -0.05) is 60.7 Å². The number of rotatable bonds is 9. The smallest absolute Gasteiger partial charge is 0.269 e. The van der Waals surface area contributed by atoms with E-state index in [-0.39, 0.29) is 17.6 Å². The molecular weight excluding hydrogens is 416 g/mol. The van der Waals surface area contributed by atoms with Gasteiger partial charge in [-0.15, -0.1) is 0 Å². The number of amides is 1. The van der Waals surface area contributed by atoms with Gasteiger partial charge in [-0.2, -0.15) is 0 Å². The lowest BCUT2D eigenvalue weighted by molar-refractivity contribution is -0.384. The molecule has 1 amide bonds. The van der Waals surface area contributed by atoms with Crippen LogP contribution in [0.5, 0.6) is 0 Å². The van der Waals surface area contributed by atoms with Gasteiger partial charge in [0, 0.05) is 35.8 Å². The Balaban J connectivity index is 1.54. The van der Waals surface area contributed by atoms with E-state index in [2.05, 4.69) is 15.6 Å². The highest BCUT2D eigenvalue weighted by molar-refractivity contribution is 5.86. The Morgan fingerprint density at radius 2 is 1.79 bits per heavy atom. The zero-order valence-corrected chi connectivity index (χ0v) is 18.3. The number of non-ortho nitro benzene ring substituents is 1. The number of hydrogen-bond acceptors (Lipinski definition) is 4. The number of aromatic amines is 1. The number of nitro benzene ring substituents is 1. The number of fused-ring (bicyclic) bond motifs is 1. The average molecular weight is 443 g/mol. The number of para-hydroxylation sites is 1. The second-order valence-electron chi connectivity index (χ2n) is 8.07. The molecule has 0 bridgehead atoms. The van der Waals surface area contributed by atoms with Gasteiger partial charge in [-0.05, 0) is 36.1 Å². The van der Waals surface area contributed by atoms with Crippen LogP contribution in [0.1, 0.15) is 29.7 Å². The van der Waals surface area contributed by atoms with Crippen LogP contribution in [0.4, 0.5) is 5.69 Å². The molecule has 168 valence electrons. The number of carbonyl (C=O) groups is 1. The Morgan fingerprint density at radius 3 is 2.58 bits per heavy atom. The standard InChI is InChI=1S/C26H26N4O3/c1-18(20-9-3-2-4-10-20)29-26(31)25(15-21-17-28-24-13-6-5-12-23(21)24)27-16-19-8-7-11-22(14-19)30(32)33/h2-14,17-18,25,27-28H,15-16H2,1H3,(H,29,31)/t18-,25?/m0/s1. The minimum Gasteiger partial charge on any atom is -0.361 e. The quantitative estimate of drug-likeness (QED) is 0.259. The Kier molecular flexibility index (Phi) is 6.80. The van der Waals surface area contributed by atoms with Crippen molar-refractivity contribution < 1.29 is 9.72 Å². The maximum absolute atomic E-state index is 13.3. The second-order valence-corrected chi connectivity index (χ2v) is 8.07. The van der Waals surface area contributed by atoms with Crippen molar-refractivity contribution in [1.29, 1.82) is 0 Å².